The van der Waals surface area contributed by atoms with Gasteiger partial charge in [0, 0.05) is 11.6 Å². The molecule has 0 saturated carbocycles. The zero-order chi connectivity index (χ0) is 25.3. The average Bonchev–Trinajstić information content (AvgIpc) is 2.82. The quantitative estimate of drug-likeness (QED) is 0.294. The van der Waals surface area contributed by atoms with Crippen LogP contribution >= 0.6 is 7.77 Å². The van der Waals surface area contributed by atoms with Crippen LogP contribution in [0, 0.1) is 11.7 Å². The summed E-state index contributed by atoms with van der Waals surface area (Å²) in [4.78, 5) is 46.6. The Balaban J connectivity index is 2.58. The number of rotatable bonds is 11. The molecule has 0 spiro atoms. The van der Waals surface area contributed by atoms with E-state index < -0.39 is 37.5 Å². The van der Waals surface area contributed by atoms with Crippen LogP contribution in [0.15, 0.2) is 54.6 Å². The molecule has 34 heavy (non-hydrogen) atoms. The highest BCUT2D eigenvalue weighted by Crippen LogP contribution is 2.26. The van der Waals surface area contributed by atoms with Crippen LogP contribution in [0.25, 0.3) is 0 Å². The van der Waals surface area contributed by atoms with E-state index in [2.05, 4.69) is 5.48 Å². The van der Waals surface area contributed by atoms with E-state index in [9.17, 15) is 18.9 Å². The molecule has 2 aromatic rings. The number of methoxy groups -OCH3 is 1. The fourth-order valence-electron chi connectivity index (χ4n) is 3.51. The van der Waals surface area contributed by atoms with Crippen LogP contribution in [0.1, 0.15) is 34.1 Å². The molecule has 1 unspecified atom stereocenters. The minimum Gasteiger partial charge on any atom is -0.630 e. The normalized spacial score (nSPS) is 13.6. The summed E-state index contributed by atoms with van der Waals surface area (Å²) in [5.41, 5.74) is 3.09. The zero-order valence-corrected chi connectivity index (χ0v) is 21.1. The molecular weight excluding hydrogens is 458 g/mol. The smallest absolute Gasteiger partial charge is 0.328 e. The van der Waals surface area contributed by atoms with E-state index in [1.165, 1.54) is 43.2 Å². The summed E-state index contributed by atoms with van der Waals surface area (Å²) < 4.78 is 18.5. The monoisotopic (exact) mass is 490 g/mol. The molecular formula is C25H32FN2O5P. The van der Waals surface area contributed by atoms with Crippen LogP contribution in [0.5, 0.6) is 5.75 Å². The molecule has 0 saturated heterocycles. The molecule has 2 aromatic carbocycles. The number of nitrogens with one attached hydrogen (secondary N) is 1. The third-order valence-electron chi connectivity index (χ3n) is 5.16. The van der Waals surface area contributed by atoms with E-state index in [0.29, 0.717) is 29.3 Å². The molecule has 3 atom stereocenters. The maximum absolute atomic E-state index is 14.0. The lowest BCUT2D eigenvalue weighted by Gasteiger charge is -2.32. The minimum atomic E-state index is -1.87. The van der Waals surface area contributed by atoms with Gasteiger partial charge in [0.25, 0.3) is 5.91 Å². The number of carbonyl (C=O) groups excluding carboxylic acids is 2. The molecule has 0 radical (unpaired) electrons. The zero-order valence-electron chi connectivity index (χ0n) is 20.2. The molecule has 7 nitrogen and oxygen atoms in total. The van der Waals surface area contributed by atoms with E-state index in [4.69, 9.17) is 9.57 Å². The number of nitrogens with zero attached hydrogens (tertiary/aromatic N) is 1. The number of amides is 1. The Morgan fingerprint density at radius 3 is 2.24 bits per heavy atom. The third-order valence-corrected chi connectivity index (χ3v) is 7.36. The number of hydroxylamine groups is 1. The second-order valence-electron chi connectivity index (χ2n) is 8.03. The van der Waals surface area contributed by atoms with Gasteiger partial charge in [0.05, 0.1) is 14.9 Å². The number of ether oxygens (including phenoxy) is 1. The van der Waals surface area contributed by atoms with Crippen LogP contribution in [0.3, 0.4) is 0 Å². The van der Waals surface area contributed by atoms with Crippen LogP contribution in [0.4, 0.5) is 10.1 Å². The van der Waals surface area contributed by atoms with E-state index in [-0.39, 0.29) is 5.92 Å². The number of hydrogen-bond acceptors (Lipinski definition) is 6. The van der Waals surface area contributed by atoms with Gasteiger partial charge < -0.3 is 14.5 Å². The van der Waals surface area contributed by atoms with E-state index in [0.717, 1.165) is 0 Å². The second-order valence-corrected chi connectivity index (χ2v) is 9.75. The van der Waals surface area contributed by atoms with Crippen molar-refractivity contribution in [2.75, 3.05) is 18.2 Å². The lowest BCUT2D eigenvalue weighted by Crippen LogP contribution is -2.57. The van der Waals surface area contributed by atoms with Gasteiger partial charge >= 0.3 is 5.97 Å². The molecule has 9 heteroatoms. The average molecular weight is 491 g/mol. The summed E-state index contributed by atoms with van der Waals surface area (Å²) >= 11 is 0. The highest BCUT2D eigenvalue weighted by atomic mass is 31.1. The Bertz CT molecular complexity index is 983. The molecule has 184 valence electrons. The molecule has 2 rings (SSSR count). The highest BCUT2D eigenvalue weighted by molar-refractivity contribution is 7.52. The first-order chi connectivity index (χ1) is 16.2. The van der Waals surface area contributed by atoms with Crippen molar-refractivity contribution in [2.45, 2.75) is 46.2 Å². The third kappa shape index (κ3) is 7.10. The van der Waals surface area contributed by atoms with Gasteiger partial charge in [0.2, 0.25) is 0 Å². The van der Waals surface area contributed by atoms with Gasteiger partial charge in [-0.05, 0) is 49.7 Å². The van der Waals surface area contributed by atoms with Crippen molar-refractivity contribution < 1.29 is 28.4 Å². The van der Waals surface area contributed by atoms with Crippen molar-refractivity contribution in [3.63, 3.8) is 0 Å². The number of hydrogen-bond donors (Lipinski definition) is 1. The predicted octanol–water partition coefficient (Wildman–Crippen LogP) is 3.67. The molecule has 1 amide bonds. The standard InChI is InChI=1S/C25H32FN2O5P/c1-6-16-34(31)23(17(2)3)22(27-33-21-10-8-7-9-11-21)24(29)28(18(4)25(30)32-5)20-14-12-19(26)13-15-20/h7-15,17-18,22,27H,6,16H2,1-5H3/t18-,22-/m0/s1. The number of anilines is 1. The summed E-state index contributed by atoms with van der Waals surface area (Å²) in [7, 11) is -0.646. The van der Waals surface area contributed by atoms with Crippen molar-refractivity contribution >= 4 is 30.6 Å². The summed E-state index contributed by atoms with van der Waals surface area (Å²) in [6.45, 7) is 7.15. The highest BCUT2D eigenvalue weighted by Gasteiger charge is 2.39. The molecule has 1 N–H and O–H groups in total. The predicted molar refractivity (Wildman–Crippen MR) is 131 cm³/mol. The summed E-state index contributed by atoms with van der Waals surface area (Å²) in [6, 6.07) is 11.9. The minimum absolute atomic E-state index is 0.223. The number of para-hydroxylation sites is 1. The SMILES string of the molecule is CCC[P+]([O-])=C(C(C)C)[C@H](NOc1ccccc1)C(=O)N(c1ccc(F)cc1)[C@@H](C)C(=O)OC. The lowest BCUT2D eigenvalue weighted by molar-refractivity contribution is -0.153. The van der Waals surface area contributed by atoms with Crippen LogP contribution in [0.2, 0.25) is 0 Å². The van der Waals surface area contributed by atoms with Crippen molar-refractivity contribution in [2.24, 2.45) is 5.92 Å². The maximum Gasteiger partial charge on any atom is 0.328 e. The first-order valence-electron chi connectivity index (χ1n) is 11.2. The molecule has 0 aliphatic carbocycles. The van der Waals surface area contributed by atoms with Gasteiger partial charge in [-0.1, -0.05) is 39.0 Å². The van der Waals surface area contributed by atoms with Crippen LogP contribution < -0.4 is 20.1 Å². The van der Waals surface area contributed by atoms with E-state index >= 15 is 0 Å². The maximum atomic E-state index is 14.0. The van der Waals surface area contributed by atoms with Gasteiger partial charge in [0.1, 0.15) is 29.1 Å². The Hall–Kier alpha value is -2.80. The van der Waals surface area contributed by atoms with Crippen LogP contribution in [-0.4, -0.2) is 42.5 Å². The van der Waals surface area contributed by atoms with E-state index in [1.54, 1.807) is 24.3 Å². The van der Waals surface area contributed by atoms with Gasteiger partial charge in [-0.2, -0.15) is 0 Å². The largest absolute Gasteiger partial charge is 0.630 e. The van der Waals surface area contributed by atoms with Crippen molar-refractivity contribution in [3.05, 3.63) is 60.4 Å². The first kappa shape index (κ1) is 27.4. The topological polar surface area (TPSA) is 90.9 Å². The van der Waals surface area contributed by atoms with E-state index in [1.807, 2.05) is 26.8 Å². The molecule has 0 heterocycles. The lowest BCUT2D eigenvalue weighted by atomic mass is 10.0. The fraction of sp³-hybridized carbons (Fsp3) is 0.400. The van der Waals surface area contributed by atoms with Gasteiger partial charge in [-0.3, -0.25) is 9.69 Å². The molecule has 0 aliphatic heterocycles. The number of halogens is 1. The van der Waals surface area contributed by atoms with Crippen LogP contribution in [-0.2, 0) is 14.3 Å². The number of benzene rings is 2. The molecule has 0 fully saturated rings. The van der Waals surface area contributed by atoms with Gasteiger partial charge in [0.15, 0.2) is 6.04 Å². The Morgan fingerprint density at radius 1 is 1.09 bits per heavy atom. The summed E-state index contributed by atoms with van der Waals surface area (Å²) in [5, 5.41) is 0.474. The van der Waals surface area contributed by atoms with Crippen molar-refractivity contribution in [3.8, 4) is 5.75 Å². The molecule has 0 aromatic heterocycles. The fourth-order valence-corrected chi connectivity index (χ4v) is 5.20. The second kappa shape index (κ2) is 13.2. The number of esters is 1. The Labute approximate surface area is 201 Å². The summed E-state index contributed by atoms with van der Waals surface area (Å²) in [6.07, 6.45) is 1.08. The van der Waals surface area contributed by atoms with Gasteiger partial charge in [-0.15, -0.1) is 5.48 Å². The van der Waals surface area contributed by atoms with Gasteiger partial charge in [-0.25, -0.2) is 9.18 Å². The van der Waals surface area contributed by atoms with Crippen molar-refractivity contribution in [1.82, 2.24) is 5.48 Å². The number of carbonyl (C=O) groups is 2. The summed E-state index contributed by atoms with van der Waals surface area (Å²) in [5.74, 6) is -1.46. The Morgan fingerprint density at radius 2 is 1.71 bits per heavy atom. The Kier molecular flexibility index (Phi) is 10.6. The molecule has 0 aliphatic rings. The molecule has 0 bridgehead atoms. The first-order valence-corrected chi connectivity index (χ1v) is 12.6. The van der Waals surface area contributed by atoms with Crippen molar-refractivity contribution in [1.29, 1.82) is 0 Å².